The predicted octanol–water partition coefficient (Wildman–Crippen LogP) is -4.03. The van der Waals surface area contributed by atoms with Gasteiger partial charge in [-0.15, -0.1) is 0 Å². The zero-order chi connectivity index (χ0) is 18.2. The molecule has 2 aliphatic heterocycles. The predicted molar refractivity (Wildman–Crippen MR) is 72.1 cm³/mol. The highest BCUT2D eigenvalue weighted by Gasteiger charge is 2.55. The Morgan fingerprint density at radius 1 is 0.917 bits per heavy atom. The van der Waals surface area contributed by atoms with Gasteiger partial charge < -0.3 is 50.0 Å². The van der Waals surface area contributed by atoms with Gasteiger partial charge in [0.25, 0.3) is 0 Å². The smallest absolute Gasteiger partial charge is 0.197 e. The van der Waals surface area contributed by atoms with Crippen LogP contribution in [0.15, 0.2) is 0 Å². The van der Waals surface area contributed by atoms with Gasteiger partial charge >= 0.3 is 0 Å². The normalized spacial score (nSPS) is 53.1. The maximum absolute atomic E-state index is 14.2. The summed E-state index contributed by atoms with van der Waals surface area (Å²) in [6, 6.07) is 0. The quantitative estimate of drug-likeness (QED) is 0.263. The van der Waals surface area contributed by atoms with E-state index in [9.17, 15) is 29.9 Å². The van der Waals surface area contributed by atoms with Crippen LogP contribution in [0.3, 0.4) is 0 Å². The Kier molecular flexibility index (Phi) is 6.13. The van der Waals surface area contributed by atoms with Crippen molar-refractivity contribution in [1.82, 2.24) is 0 Å². The lowest BCUT2D eigenvalue weighted by Gasteiger charge is -2.49. The molecule has 2 heterocycles. The van der Waals surface area contributed by atoms with Crippen molar-refractivity contribution in [2.75, 3.05) is 13.2 Å². The van der Waals surface area contributed by atoms with Crippen molar-refractivity contribution in [3.05, 3.63) is 0 Å². The van der Waals surface area contributed by atoms with Crippen LogP contribution in [0.25, 0.3) is 0 Å². The van der Waals surface area contributed by atoms with E-state index in [1.54, 1.807) is 0 Å². The minimum absolute atomic E-state index is 0.713. The summed E-state index contributed by atoms with van der Waals surface area (Å²) in [5, 5.41) is 67.1. The highest BCUT2D eigenvalue weighted by molar-refractivity contribution is 4.97. The maximum Gasteiger partial charge on any atom is 0.197 e. The fourth-order valence-corrected chi connectivity index (χ4v) is 2.77. The molecular weight excluding hydrogens is 335 g/mol. The molecule has 24 heavy (non-hydrogen) atoms. The van der Waals surface area contributed by atoms with E-state index < -0.39 is 74.2 Å². The second-order valence-corrected chi connectivity index (χ2v) is 6.05. The van der Waals surface area contributed by atoms with Crippen molar-refractivity contribution in [3.8, 4) is 0 Å². The van der Waals surface area contributed by atoms with Gasteiger partial charge in [-0.1, -0.05) is 0 Å². The molecule has 11 heteroatoms. The van der Waals surface area contributed by atoms with Gasteiger partial charge in [0, 0.05) is 0 Å². The number of hydrogen-bond acceptors (Lipinski definition) is 10. The van der Waals surface area contributed by atoms with Crippen molar-refractivity contribution in [2.24, 2.45) is 0 Å². The van der Waals surface area contributed by atoms with E-state index in [0.29, 0.717) is 0 Å². The monoisotopic (exact) mass is 358 g/mol. The SMILES string of the molecule is C[C@]1(O[C@H]2OC(CO)[C@@H](O)C(O)C2F)OC(CO)[C@@H](O)C(O)C1O. The van der Waals surface area contributed by atoms with E-state index in [1.165, 1.54) is 0 Å². The summed E-state index contributed by atoms with van der Waals surface area (Å²) < 4.78 is 29.6. The molecule has 0 radical (unpaired) electrons. The van der Waals surface area contributed by atoms with Crippen LogP contribution in [-0.2, 0) is 14.2 Å². The van der Waals surface area contributed by atoms with Crippen LogP contribution in [0, 0.1) is 0 Å². The Hall–Kier alpha value is -0.470. The summed E-state index contributed by atoms with van der Waals surface area (Å²) in [5.74, 6) is -2.09. The van der Waals surface area contributed by atoms with Crippen molar-refractivity contribution in [3.63, 3.8) is 0 Å². The lowest BCUT2D eigenvalue weighted by Crippen LogP contribution is -2.67. The summed E-state index contributed by atoms with van der Waals surface area (Å²) in [5.41, 5.74) is 0. The molecule has 142 valence electrons. The Balaban J connectivity index is 2.18. The topological polar surface area (TPSA) is 169 Å². The third-order valence-electron chi connectivity index (χ3n) is 4.31. The van der Waals surface area contributed by atoms with Crippen LogP contribution in [0.1, 0.15) is 6.92 Å². The summed E-state index contributed by atoms with van der Waals surface area (Å²) in [6.07, 6.45) is -15.6. The van der Waals surface area contributed by atoms with Crippen LogP contribution in [0.5, 0.6) is 0 Å². The van der Waals surface area contributed by atoms with E-state index in [4.69, 9.17) is 24.4 Å². The Morgan fingerprint density at radius 2 is 1.46 bits per heavy atom. The number of aliphatic hydroxyl groups is 7. The lowest BCUT2D eigenvalue weighted by molar-refractivity contribution is -0.412. The second-order valence-electron chi connectivity index (χ2n) is 6.05. The number of ether oxygens (including phenoxy) is 3. The largest absolute Gasteiger partial charge is 0.394 e. The molecular formula is C13H23FO10. The number of rotatable bonds is 4. The van der Waals surface area contributed by atoms with Crippen LogP contribution in [0.4, 0.5) is 4.39 Å². The van der Waals surface area contributed by atoms with Crippen molar-refractivity contribution in [1.29, 1.82) is 0 Å². The summed E-state index contributed by atoms with van der Waals surface area (Å²) >= 11 is 0. The van der Waals surface area contributed by atoms with E-state index >= 15 is 0 Å². The number of hydrogen-bond donors (Lipinski definition) is 7. The number of aliphatic hydroxyl groups excluding tert-OH is 7. The van der Waals surface area contributed by atoms with Gasteiger partial charge in [-0.2, -0.15) is 0 Å². The zero-order valence-corrected chi connectivity index (χ0v) is 12.8. The van der Waals surface area contributed by atoms with Crippen LogP contribution >= 0.6 is 0 Å². The minimum Gasteiger partial charge on any atom is -0.394 e. The first-order valence-electron chi connectivity index (χ1n) is 7.43. The van der Waals surface area contributed by atoms with Crippen LogP contribution in [0.2, 0.25) is 0 Å². The number of halogens is 1. The molecule has 0 saturated carbocycles. The molecule has 6 unspecified atom stereocenters. The van der Waals surface area contributed by atoms with Gasteiger partial charge in [0.1, 0.15) is 42.7 Å². The molecule has 0 aromatic rings. The fourth-order valence-electron chi connectivity index (χ4n) is 2.77. The van der Waals surface area contributed by atoms with Gasteiger partial charge in [-0.3, -0.25) is 0 Å². The molecule has 2 aliphatic rings. The zero-order valence-electron chi connectivity index (χ0n) is 12.8. The van der Waals surface area contributed by atoms with E-state index in [2.05, 4.69) is 0 Å². The van der Waals surface area contributed by atoms with Crippen LogP contribution in [-0.4, -0.2) is 110 Å². The van der Waals surface area contributed by atoms with Crippen molar-refractivity contribution in [2.45, 2.75) is 67.9 Å². The summed E-state index contributed by atoms with van der Waals surface area (Å²) in [6.45, 7) is -0.322. The molecule has 10 nitrogen and oxygen atoms in total. The molecule has 0 aromatic carbocycles. The van der Waals surface area contributed by atoms with Gasteiger partial charge in [-0.25, -0.2) is 4.39 Å². The maximum atomic E-state index is 14.2. The van der Waals surface area contributed by atoms with Gasteiger partial charge in [0.2, 0.25) is 0 Å². The Morgan fingerprint density at radius 3 is 2.00 bits per heavy atom. The first-order chi connectivity index (χ1) is 11.2. The summed E-state index contributed by atoms with van der Waals surface area (Å²) in [4.78, 5) is 0. The van der Waals surface area contributed by atoms with Gasteiger partial charge in [0.15, 0.2) is 18.2 Å². The first kappa shape index (κ1) is 19.8. The minimum atomic E-state index is -2.24. The van der Waals surface area contributed by atoms with E-state index in [1.807, 2.05) is 0 Å². The molecule has 0 spiro atoms. The van der Waals surface area contributed by atoms with E-state index in [-0.39, 0.29) is 0 Å². The van der Waals surface area contributed by atoms with Crippen molar-refractivity contribution >= 4 is 0 Å². The third kappa shape index (κ3) is 3.42. The Bertz CT molecular complexity index is 424. The van der Waals surface area contributed by atoms with Gasteiger partial charge in [-0.05, 0) is 6.92 Å². The van der Waals surface area contributed by atoms with Crippen molar-refractivity contribution < 1.29 is 54.3 Å². The average Bonchev–Trinajstić information content (AvgIpc) is 2.57. The molecule has 0 bridgehead atoms. The Labute approximate surface area is 136 Å². The third-order valence-corrected chi connectivity index (χ3v) is 4.31. The lowest BCUT2D eigenvalue weighted by atomic mass is 9.93. The summed E-state index contributed by atoms with van der Waals surface area (Å²) in [7, 11) is 0. The molecule has 10 atom stereocenters. The molecule has 0 aliphatic carbocycles. The highest BCUT2D eigenvalue weighted by Crippen LogP contribution is 2.35. The highest BCUT2D eigenvalue weighted by atomic mass is 19.1. The molecule has 2 saturated heterocycles. The molecule has 0 amide bonds. The molecule has 2 fully saturated rings. The average molecular weight is 358 g/mol. The molecule has 2 rings (SSSR count). The number of alkyl halides is 1. The van der Waals surface area contributed by atoms with E-state index in [0.717, 1.165) is 6.92 Å². The molecule has 0 aromatic heterocycles. The first-order valence-corrected chi connectivity index (χ1v) is 7.43. The second kappa shape index (κ2) is 7.41. The van der Waals surface area contributed by atoms with Crippen LogP contribution < -0.4 is 0 Å². The standard InChI is InChI=1S/C13H23FO10/c1-13(11(21)10(20)8(18)5(3-16)23-13)24-12-6(14)9(19)7(17)4(2-15)22-12/h4-12,15-21H,2-3H2,1H3/t4?,5?,6?,7-,8-,9?,10?,11?,12-,13-/m1/s1. The fraction of sp³-hybridized carbons (Fsp3) is 1.00. The van der Waals surface area contributed by atoms with Gasteiger partial charge in [0.05, 0.1) is 13.2 Å². The molecule has 7 N–H and O–H groups in total.